The summed E-state index contributed by atoms with van der Waals surface area (Å²) >= 11 is 0. The van der Waals surface area contributed by atoms with Gasteiger partial charge in [0.15, 0.2) is 0 Å². The predicted octanol–water partition coefficient (Wildman–Crippen LogP) is 16.7. The fourth-order valence-corrected chi connectivity index (χ4v) is 10.4. The van der Waals surface area contributed by atoms with Gasteiger partial charge in [-0.05, 0) is 134 Å². The van der Waals surface area contributed by atoms with E-state index >= 15 is 0 Å². The molecule has 1 aromatic heterocycles. The van der Waals surface area contributed by atoms with Gasteiger partial charge in [-0.3, -0.25) is 0 Å². The van der Waals surface area contributed by atoms with Gasteiger partial charge >= 0.3 is 0 Å². The second-order valence-electron chi connectivity index (χ2n) is 16.4. The van der Waals surface area contributed by atoms with Crippen LogP contribution in [0.4, 0.5) is 0 Å². The van der Waals surface area contributed by atoms with E-state index in [1.54, 1.807) is 0 Å². The summed E-state index contributed by atoms with van der Waals surface area (Å²) in [5.41, 5.74) is 11.0. The molecule has 0 atom stereocenters. The van der Waals surface area contributed by atoms with E-state index in [0.29, 0.717) is 0 Å². The predicted molar refractivity (Wildman–Crippen MR) is 262 cm³/mol. The van der Waals surface area contributed by atoms with Crippen LogP contribution in [0.3, 0.4) is 0 Å². The van der Waals surface area contributed by atoms with E-state index in [1.165, 1.54) is 120 Å². The Morgan fingerprint density at radius 1 is 0.246 bits per heavy atom. The van der Waals surface area contributed by atoms with Crippen LogP contribution in [0.25, 0.3) is 126 Å². The minimum atomic E-state index is 1.15. The summed E-state index contributed by atoms with van der Waals surface area (Å²) in [6.07, 6.45) is 0. The van der Waals surface area contributed by atoms with Crippen LogP contribution in [0, 0.1) is 0 Å². The molecule has 0 spiro atoms. The standard InChI is InChI=1S/C60H37N/c1-2-16-43-36-45(25-24-38(43)12-1)58-52-22-10-9-21-51(52)57(53-33-28-44(37-54(53)58)48-23-11-17-39-13-3-6-18-47(39)48)42-26-31-46(32-27-42)61-55-34-29-40-14-4-7-19-49(40)59(55)60-50-20-8-5-15-41(50)30-35-56(60)61/h1-37H. The van der Waals surface area contributed by atoms with Crippen molar-refractivity contribution in [2.24, 2.45) is 0 Å². The molecular formula is C60H37N. The molecule has 1 heterocycles. The molecule has 0 aliphatic heterocycles. The topological polar surface area (TPSA) is 4.93 Å². The zero-order valence-electron chi connectivity index (χ0n) is 33.3. The summed E-state index contributed by atoms with van der Waals surface area (Å²) in [6.45, 7) is 0. The maximum Gasteiger partial charge on any atom is 0.0547 e. The van der Waals surface area contributed by atoms with Crippen LogP contribution in [-0.2, 0) is 0 Å². The number of aromatic nitrogens is 1. The van der Waals surface area contributed by atoms with Gasteiger partial charge in [0.25, 0.3) is 0 Å². The molecule has 0 fully saturated rings. The van der Waals surface area contributed by atoms with Gasteiger partial charge < -0.3 is 4.57 Å². The fraction of sp³-hybridized carbons (Fsp3) is 0. The zero-order valence-corrected chi connectivity index (χ0v) is 33.3. The highest BCUT2D eigenvalue weighted by Gasteiger charge is 2.20. The molecule has 0 aliphatic rings. The first-order chi connectivity index (χ1) is 30.3. The lowest BCUT2D eigenvalue weighted by Gasteiger charge is -2.19. The molecule has 0 N–H and O–H groups in total. The molecular weight excluding hydrogens is 735 g/mol. The molecule has 0 radical (unpaired) electrons. The van der Waals surface area contributed by atoms with E-state index < -0.39 is 0 Å². The largest absolute Gasteiger partial charge is 0.309 e. The van der Waals surface area contributed by atoms with E-state index in [2.05, 4.69) is 229 Å². The van der Waals surface area contributed by atoms with Crippen LogP contribution in [0.1, 0.15) is 0 Å². The third kappa shape index (κ3) is 5.14. The smallest absolute Gasteiger partial charge is 0.0547 e. The van der Waals surface area contributed by atoms with Gasteiger partial charge in [0, 0.05) is 16.5 Å². The van der Waals surface area contributed by atoms with Crippen molar-refractivity contribution in [2.75, 3.05) is 0 Å². The van der Waals surface area contributed by atoms with Crippen LogP contribution >= 0.6 is 0 Å². The van der Waals surface area contributed by atoms with Gasteiger partial charge in [0.1, 0.15) is 0 Å². The molecule has 0 saturated carbocycles. The van der Waals surface area contributed by atoms with Crippen molar-refractivity contribution >= 4 is 86.4 Å². The number of benzene rings is 12. The third-order valence-corrected chi connectivity index (χ3v) is 13.1. The van der Waals surface area contributed by atoms with Gasteiger partial charge in [-0.1, -0.05) is 188 Å². The van der Waals surface area contributed by atoms with Crippen molar-refractivity contribution in [3.8, 4) is 39.1 Å². The minimum absolute atomic E-state index is 1.15. The summed E-state index contributed by atoms with van der Waals surface area (Å²) in [7, 11) is 0. The maximum absolute atomic E-state index is 2.46. The molecule has 61 heavy (non-hydrogen) atoms. The van der Waals surface area contributed by atoms with E-state index in [9.17, 15) is 0 Å². The highest BCUT2D eigenvalue weighted by molar-refractivity contribution is 6.29. The lowest BCUT2D eigenvalue weighted by atomic mass is 9.84. The van der Waals surface area contributed by atoms with Crippen molar-refractivity contribution in [3.63, 3.8) is 0 Å². The first-order valence-corrected chi connectivity index (χ1v) is 21.2. The van der Waals surface area contributed by atoms with E-state index in [-0.39, 0.29) is 0 Å². The summed E-state index contributed by atoms with van der Waals surface area (Å²) in [5, 5.41) is 17.7. The maximum atomic E-state index is 2.46. The molecule has 0 unspecified atom stereocenters. The van der Waals surface area contributed by atoms with Crippen LogP contribution in [0.5, 0.6) is 0 Å². The Labute approximate surface area is 353 Å². The number of hydrogen-bond acceptors (Lipinski definition) is 0. The summed E-state index contributed by atoms with van der Waals surface area (Å²) in [6, 6.07) is 83.2. The molecule has 0 saturated heterocycles. The first-order valence-electron chi connectivity index (χ1n) is 21.2. The Kier molecular flexibility index (Phi) is 7.37. The average Bonchev–Trinajstić information content (AvgIpc) is 3.68. The molecule has 282 valence electrons. The monoisotopic (exact) mass is 771 g/mol. The van der Waals surface area contributed by atoms with Crippen LogP contribution in [0.2, 0.25) is 0 Å². The Bertz CT molecular complexity index is 3820. The van der Waals surface area contributed by atoms with Crippen LogP contribution < -0.4 is 0 Å². The zero-order chi connectivity index (χ0) is 40.0. The normalized spacial score (nSPS) is 11.9. The molecule has 1 nitrogen and oxygen atoms in total. The van der Waals surface area contributed by atoms with Crippen LogP contribution in [0.15, 0.2) is 224 Å². The van der Waals surface area contributed by atoms with Crippen molar-refractivity contribution < 1.29 is 0 Å². The molecule has 13 aromatic rings. The van der Waals surface area contributed by atoms with E-state index in [1.807, 2.05) is 0 Å². The SMILES string of the molecule is c1ccc2cc(-c3c4ccccc4c(-c4ccc(-n5c6ccc7ccccc7c6c6c7ccccc7ccc65)cc4)c4ccc(-c5cccc6ccccc56)cc34)ccc2c1. The van der Waals surface area contributed by atoms with Gasteiger partial charge in [-0.2, -0.15) is 0 Å². The highest BCUT2D eigenvalue weighted by atomic mass is 15.0. The number of fused-ring (bicyclic) bond motifs is 11. The van der Waals surface area contributed by atoms with Gasteiger partial charge in [0.05, 0.1) is 11.0 Å². The highest BCUT2D eigenvalue weighted by Crippen LogP contribution is 2.47. The van der Waals surface area contributed by atoms with Crippen molar-refractivity contribution in [1.82, 2.24) is 4.57 Å². The van der Waals surface area contributed by atoms with Gasteiger partial charge in [-0.15, -0.1) is 0 Å². The molecule has 12 aromatic carbocycles. The summed E-state index contributed by atoms with van der Waals surface area (Å²) < 4.78 is 2.46. The molecule has 13 rings (SSSR count). The van der Waals surface area contributed by atoms with Crippen molar-refractivity contribution in [2.45, 2.75) is 0 Å². The second kappa shape index (κ2) is 13.3. The van der Waals surface area contributed by atoms with E-state index in [4.69, 9.17) is 0 Å². The van der Waals surface area contributed by atoms with E-state index in [0.717, 1.165) is 5.69 Å². The molecule has 1 heteroatoms. The van der Waals surface area contributed by atoms with Crippen molar-refractivity contribution in [3.05, 3.63) is 224 Å². The van der Waals surface area contributed by atoms with Gasteiger partial charge in [0.2, 0.25) is 0 Å². The lowest BCUT2D eigenvalue weighted by molar-refractivity contribution is 1.18. The number of nitrogens with zero attached hydrogens (tertiary/aromatic N) is 1. The van der Waals surface area contributed by atoms with Crippen LogP contribution in [-0.4, -0.2) is 4.57 Å². The third-order valence-electron chi connectivity index (χ3n) is 13.1. The summed E-state index contributed by atoms with van der Waals surface area (Å²) in [5.74, 6) is 0. The summed E-state index contributed by atoms with van der Waals surface area (Å²) in [4.78, 5) is 0. The number of rotatable bonds is 4. The Morgan fingerprint density at radius 3 is 1.36 bits per heavy atom. The Hall–Kier alpha value is -8.00. The second-order valence-corrected chi connectivity index (χ2v) is 16.4. The Morgan fingerprint density at radius 2 is 0.705 bits per heavy atom. The molecule has 0 bridgehead atoms. The van der Waals surface area contributed by atoms with Crippen molar-refractivity contribution in [1.29, 1.82) is 0 Å². The average molecular weight is 772 g/mol. The first kappa shape index (κ1) is 33.9. The Balaban J connectivity index is 1.07. The molecule has 0 aliphatic carbocycles. The minimum Gasteiger partial charge on any atom is -0.309 e. The lowest BCUT2D eigenvalue weighted by Crippen LogP contribution is -1.95. The fourth-order valence-electron chi connectivity index (χ4n) is 10.4. The van der Waals surface area contributed by atoms with Gasteiger partial charge in [-0.25, -0.2) is 0 Å². The quantitative estimate of drug-likeness (QED) is 0.157. The number of hydrogen-bond donors (Lipinski definition) is 0. The molecule has 0 amide bonds.